The highest BCUT2D eigenvalue weighted by molar-refractivity contribution is 5.92. The topological polar surface area (TPSA) is 66.8 Å². The van der Waals surface area contributed by atoms with Crippen LogP contribution in [0.5, 0.6) is 0 Å². The molecule has 1 aliphatic heterocycles. The molecule has 1 fully saturated rings. The summed E-state index contributed by atoms with van der Waals surface area (Å²) in [4.78, 5) is 18.6. The number of alkyl halides is 3. The molecule has 142 valence electrons. The summed E-state index contributed by atoms with van der Waals surface area (Å²) in [6.07, 6.45) is 2.97. The normalized spacial score (nSPS) is 18.3. The number of aromatic amines is 1. The van der Waals surface area contributed by atoms with Crippen LogP contribution in [0, 0.1) is 0 Å². The average molecular weight is 369 g/mol. The summed E-state index contributed by atoms with van der Waals surface area (Å²) in [6.45, 7) is 3.96. The highest BCUT2D eigenvalue weighted by Crippen LogP contribution is 2.29. The summed E-state index contributed by atoms with van der Waals surface area (Å²) in [5, 5.41) is 5.44. The number of hydrogen-bond donors (Lipinski definition) is 1. The number of unbranched alkanes of at least 4 members (excludes halogenated alkanes) is 1. The van der Waals surface area contributed by atoms with Crippen LogP contribution in [0.15, 0.2) is 18.5 Å². The molecule has 6 nitrogen and oxygen atoms in total. The van der Waals surface area contributed by atoms with Gasteiger partial charge in [0, 0.05) is 44.0 Å². The van der Waals surface area contributed by atoms with E-state index in [1.54, 1.807) is 11.1 Å². The highest BCUT2D eigenvalue weighted by atomic mass is 19.4. The fraction of sp³-hybridized carbons (Fsp3) is 0.588. The van der Waals surface area contributed by atoms with E-state index < -0.39 is 17.8 Å². The van der Waals surface area contributed by atoms with Gasteiger partial charge in [0.05, 0.1) is 0 Å². The van der Waals surface area contributed by atoms with Gasteiger partial charge in [-0.3, -0.25) is 9.89 Å². The molecule has 2 aromatic rings. The van der Waals surface area contributed by atoms with Gasteiger partial charge in [0.1, 0.15) is 11.5 Å². The number of carbonyl (C=O) groups excluding carboxylic acids is 1. The maximum absolute atomic E-state index is 12.7. The van der Waals surface area contributed by atoms with Gasteiger partial charge < -0.3 is 9.47 Å². The van der Waals surface area contributed by atoms with Crippen LogP contribution in [0.2, 0.25) is 0 Å². The van der Waals surface area contributed by atoms with Crippen molar-refractivity contribution < 1.29 is 18.0 Å². The van der Waals surface area contributed by atoms with Crippen LogP contribution in [0.25, 0.3) is 0 Å². The van der Waals surface area contributed by atoms with Crippen LogP contribution in [-0.2, 0) is 12.7 Å². The highest BCUT2D eigenvalue weighted by Gasteiger charge is 2.35. The molecule has 0 aromatic carbocycles. The lowest BCUT2D eigenvalue weighted by Gasteiger charge is -2.32. The number of carbonyl (C=O) groups is 1. The van der Waals surface area contributed by atoms with Crippen molar-refractivity contribution in [2.45, 2.75) is 51.2 Å². The van der Waals surface area contributed by atoms with Gasteiger partial charge >= 0.3 is 6.18 Å². The third-order valence-electron chi connectivity index (χ3n) is 4.68. The molecule has 3 heterocycles. The fourth-order valence-corrected chi connectivity index (χ4v) is 3.31. The number of aryl methyl sites for hydroxylation is 1. The number of nitrogens with one attached hydrogen (secondary N) is 1. The van der Waals surface area contributed by atoms with Crippen LogP contribution in [0.1, 0.15) is 60.5 Å². The molecule has 2 aromatic heterocycles. The number of amides is 1. The first-order valence-corrected chi connectivity index (χ1v) is 8.83. The molecule has 0 saturated carbocycles. The van der Waals surface area contributed by atoms with Crippen LogP contribution < -0.4 is 0 Å². The maximum atomic E-state index is 12.7. The molecule has 0 bridgehead atoms. The maximum Gasteiger partial charge on any atom is 0.432 e. The summed E-state index contributed by atoms with van der Waals surface area (Å²) in [7, 11) is 0. The minimum atomic E-state index is -4.54. The SMILES string of the molecule is CCCCn1ccnc1C1CCCN(C(=O)c2cc(C(F)(F)F)[nH]n2)C1. The standard InChI is InChI=1S/C17H22F3N5O/c1-2-3-7-24-9-6-21-15(24)12-5-4-8-25(11-12)16(26)13-10-14(23-22-13)17(18,19)20/h6,9-10,12H,2-5,7-8,11H2,1H3,(H,22,23). The Morgan fingerprint density at radius 1 is 1.42 bits per heavy atom. The quantitative estimate of drug-likeness (QED) is 0.878. The molecule has 1 N–H and O–H groups in total. The number of nitrogens with zero attached hydrogens (tertiary/aromatic N) is 4. The second kappa shape index (κ2) is 7.51. The first-order valence-electron chi connectivity index (χ1n) is 8.83. The van der Waals surface area contributed by atoms with Gasteiger partial charge in [0.15, 0.2) is 5.69 Å². The lowest BCUT2D eigenvalue weighted by molar-refractivity contribution is -0.141. The lowest BCUT2D eigenvalue weighted by Crippen LogP contribution is -2.40. The number of likely N-dealkylation sites (tertiary alicyclic amines) is 1. The Labute approximate surface area is 149 Å². The van der Waals surface area contributed by atoms with E-state index in [1.807, 2.05) is 11.3 Å². The number of hydrogen-bond acceptors (Lipinski definition) is 3. The number of rotatable bonds is 5. The van der Waals surface area contributed by atoms with Gasteiger partial charge in [0.25, 0.3) is 5.91 Å². The average Bonchev–Trinajstić information content (AvgIpc) is 3.28. The molecule has 0 spiro atoms. The molecular formula is C17H22F3N5O. The van der Waals surface area contributed by atoms with Gasteiger partial charge in [-0.25, -0.2) is 4.98 Å². The minimum Gasteiger partial charge on any atom is -0.337 e. The Morgan fingerprint density at radius 2 is 2.23 bits per heavy atom. The van der Waals surface area contributed by atoms with Crippen LogP contribution in [0.3, 0.4) is 0 Å². The van der Waals surface area contributed by atoms with Crippen molar-refractivity contribution in [3.05, 3.63) is 35.7 Å². The molecule has 0 aliphatic carbocycles. The zero-order valence-corrected chi connectivity index (χ0v) is 14.6. The Morgan fingerprint density at radius 3 is 2.92 bits per heavy atom. The third-order valence-corrected chi connectivity index (χ3v) is 4.68. The summed E-state index contributed by atoms with van der Waals surface area (Å²) in [5.74, 6) is 0.544. The van der Waals surface area contributed by atoms with E-state index >= 15 is 0 Å². The fourth-order valence-electron chi connectivity index (χ4n) is 3.31. The van der Waals surface area contributed by atoms with Gasteiger partial charge in [-0.05, 0) is 19.3 Å². The monoisotopic (exact) mass is 369 g/mol. The molecule has 1 saturated heterocycles. The van der Waals surface area contributed by atoms with E-state index in [2.05, 4.69) is 21.6 Å². The van der Waals surface area contributed by atoms with E-state index in [1.165, 1.54) is 0 Å². The van der Waals surface area contributed by atoms with E-state index in [9.17, 15) is 18.0 Å². The summed E-state index contributed by atoms with van der Waals surface area (Å²) >= 11 is 0. The molecule has 1 unspecified atom stereocenters. The lowest BCUT2D eigenvalue weighted by atomic mass is 9.96. The Kier molecular flexibility index (Phi) is 5.33. The Bertz CT molecular complexity index is 752. The number of halogens is 3. The molecule has 1 atom stereocenters. The van der Waals surface area contributed by atoms with Crippen LogP contribution in [0.4, 0.5) is 13.2 Å². The van der Waals surface area contributed by atoms with E-state index in [0.717, 1.165) is 44.1 Å². The van der Waals surface area contributed by atoms with Crippen molar-refractivity contribution in [2.24, 2.45) is 0 Å². The summed E-state index contributed by atoms with van der Waals surface area (Å²) in [6, 6.07) is 0.772. The zero-order chi connectivity index (χ0) is 18.7. The van der Waals surface area contributed by atoms with Crippen molar-refractivity contribution in [2.75, 3.05) is 13.1 Å². The van der Waals surface area contributed by atoms with Gasteiger partial charge in [-0.1, -0.05) is 13.3 Å². The summed E-state index contributed by atoms with van der Waals surface area (Å²) < 4.78 is 40.2. The van der Waals surface area contributed by atoms with Gasteiger partial charge in [-0.2, -0.15) is 18.3 Å². The first-order chi connectivity index (χ1) is 12.4. The molecule has 0 radical (unpaired) electrons. The summed E-state index contributed by atoms with van der Waals surface area (Å²) in [5.41, 5.74) is -1.21. The third kappa shape index (κ3) is 3.91. The van der Waals surface area contributed by atoms with Crippen molar-refractivity contribution in [1.29, 1.82) is 0 Å². The number of aromatic nitrogens is 4. The van der Waals surface area contributed by atoms with E-state index in [4.69, 9.17) is 0 Å². The van der Waals surface area contributed by atoms with Gasteiger partial charge in [0.2, 0.25) is 0 Å². The number of imidazole rings is 1. The van der Waals surface area contributed by atoms with Crippen molar-refractivity contribution in [3.8, 4) is 0 Å². The molecule has 26 heavy (non-hydrogen) atoms. The van der Waals surface area contributed by atoms with Crippen molar-refractivity contribution in [3.63, 3.8) is 0 Å². The Balaban J connectivity index is 1.71. The van der Waals surface area contributed by atoms with Crippen molar-refractivity contribution in [1.82, 2.24) is 24.6 Å². The molecule has 9 heteroatoms. The second-order valence-electron chi connectivity index (χ2n) is 6.59. The van der Waals surface area contributed by atoms with E-state index in [-0.39, 0.29) is 11.6 Å². The zero-order valence-electron chi connectivity index (χ0n) is 14.6. The number of piperidine rings is 1. The molecular weight excluding hydrogens is 347 g/mol. The van der Waals surface area contributed by atoms with Crippen LogP contribution >= 0.6 is 0 Å². The number of H-pyrrole nitrogens is 1. The van der Waals surface area contributed by atoms with Crippen LogP contribution in [-0.4, -0.2) is 43.6 Å². The predicted octanol–water partition coefficient (Wildman–Crippen LogP) is 3.44. The molecule has 1 aliphatic rings. The Hall–Kier alpha value is -2.32. The predicted molar refractivity (Wildman–Crippen MR) is 88.6 cm³/mol. The largest absolute Gasteiger partial charge is 0.432 e. The molecule has 3 rings (SSSR count). The van der Waals surface area contributed by atoms with E-state index in [0.29, 0.717) is 13.1 Å². The smallest absolute Gasteiger partial charge is 0.337 e. The first kappa shape index (κ1) is 18.5. The molecule has 1 amide bonds. The van der Waals surface area contributed by atoms with Crippen molar-refractivity contribution >= 4 is 5.91 Å². The van der Waals surface area contributed by atoms with Gasteiger partial charge in [-0.15, -0.1) is 0 Å². The minimum absolute atomic E-state index is 0.0839. The second-order valence-corrected chi connectivity index (χ2v) is 6.59.